The first-order chi connectivity index (χ1) is 9.25. The van der Waals surface area contributed by atoms with Crippen LogP contribution in [-0.4, -0.2) is 25.8 Å². The molecule has 0 saturated carbocycles. The number of hydrogen-bond acceptors (Lipinski definition) is 2. The Balaban J connectivity index is 2.55. The maximum absolute atomic E-state index is 13.0. The first-order valence-corrected chi connectivity index (χ1v) is 8.76. The van der Waals surface area contributed by atoms with Crippen LogP contribution in [0.3, 0.4) is 0 Å². The Labute approximate surface area is 123 Å². The fourth-order valence-corrected chi connectivity index (χ4v) is 5.24. The lowest BCUT2D eigenvalue weighted by molar-refractivity contribution is 0.281. The molecule has 1 fully saturated rings. The topological polar surface area (TPSA) is 37.4 Å². The van der Waals surface area contributed by atoms with E-state index in [2.05, 4.69) is 13.0 Å². The molecule has 0 bridgehead atoms. The fourth-order valence-electron chi connectivity index (χ4n) is 3.06. The fraction of sp³-hybridized carbons (Fsp3) is 0.625. The van der Waals surface area contributed by atoms with Crippen LogP contribution < -0.4 is 0 Å². The Bertz CT molecular complexity index is 594. The smallest absolute Gasteiger partial charge is 0.207 e. The summed E-state index contributed by atoms with van der Waals surface area (Å²) < 4.78 is 27.7. The highest BCUT2D eigenvalue weighted by molar-refractivity contribution is 7.89. The predicted molar refractivity (Wildman–Crippen MR) is 82.5 cm³/mol. The van der Waals surface area contributed by atoms with Crippen molar-refractivity contribution >= 4 is 10.0 Å². The highest BCUT2D eigenvalue weighted by Gasteiger charge is 2.31. The number of sulfonamides is 1. The van der Waals surface area contributed by atoms with E-state index >= 15 is 0 Å². The molecule has 2 rings (SSSR count). The van der Waals surface area contributed by atoms with E-state index in [-0.39, 0.29) is 0 Å². The van der Waals surface area contributed by atoms with Gasteiger partial charge in [0.2, 0.25) is 10.0 Å². The van der Waals surface area contributed by atoms with Gasteiger partial charge in [0.05, 0.1) is 4.90 Å². The summed E-state index contributed by atoms with van der Waals surface area (Å²) in [4.78, 5) is 0.532. The van der Waals surface area contributed by atoms with Gasteiger partial charge in [0.1, 0.15) is 0 Å². The van der Waals surface area contributed by atoms with Gasteiger partial charge in [-0.2, -0.15) is 4.31 Å². The average molecular weight is 295 g/mol. The lowest BCUT2D eigenvalue weighted by Gasteiger charge is -2.31. The maximum atomic E-state index is 13.0. The van der Waals surface area contributed by atoms with Crippen molar-refractivity contribution in [3.8, 4) is 0 Å². The molecule has 4 heteroatoms. The molecule has 0 radical (unpaired) electrons. The minimum Gasteiger partial charge on any atom is -0.207 e. The minimum absolute atomic E-state index is 0.449. The highest BCUT2D eigenvalue weighted by atomic mass is 32.2. The number of piperidine rings is 1. The monoisotopic (exact) mass is 295 g/mol. The first kappa shape index (κ1) is 15.5. The number of nitrogens with zero attached hydrogens (tertiary/aromatic N) is 1. The molecule has 20 heavy (non-hydrogen) atoms. The van der Waals surface area contributed by atoms with Gasteiger partial charge in [0, 0.05) is 13.1 Å². The van der Waals surface area contributed by atoms with Gasteiger partial charge in [-0.15, -0.1) is 0 Å². The second kappa shape index (κ2) is 5.49. The minimum atomic E-state index is -3.37. The van der Waals surface area contributed by atoms with Gasteiger partial charge in [-0.05, 0) is 68.7 Å². The standard InChI is InChI=1S/C16H25NO2S/c1-11-7-6-8-17(10-11)20(18,19)16-14(4)12(2)9-13(3)15(16)5/h9,11H,6-8,10H2,1-5H3/t11-/m0/s1. The number of aryl methyl sites for hydroxylation is 2. The molecule has 1 saturated heterocycles. The van der Waals surface area contributed by atoms with Crippen molar-refractivity contribution in [3.05, 3.63) is 28.3 Å². The molecule has 0 unspecified atom stereocenters. The van der Waals surface area contributed by atoms with Gasteiger partial charge in [0.25, 0.3) is 0 Å². The predicted octanol–water partition coefficient (Wildman–Crippen LogP) is 3.34. The van der Waals surface area contributed by atoms with E-state index < -0.39 is 10.0 Å². The van der Waals surface area contributed by atoms with Crippen molar-refractivity contribution in [2.45, 2.75) is 52.4 Å². The normalized spacial score (nSPS) is 21.1. The molecule has 1 aromatic carbocycles. The molecule has 1 aromatic rings. The molecule has 0 aromatic heterocycles. The molecule has 0 spiro atoms. The van der Waals surface area contributed by atoms with Crippen molar-refractivity contribution in [3.63, 3.8) is 0 Å². The third-order valence-corrected chi connectivity index (χ3v) is 6.65. The molecule has 3 nitrogen and oxygen atoms in total. The van der Waals surface area contributed by atoms with Gasteiger partial charge >= 0.3 is 0 Å². The Hall–Kier alpha value is -0.870. The Morgan fingerprint density at radius 3 is 2.15 bits per heavy atom. The van der Waals surface area contributed by atoms with Crippen LogP contribution in [0.15, 0.2) is 11.0 Å². The molecule has 0 aliphatic carbocycles. The van der Waals surface area contributed by atoms with Crippen LogP contribution in [0, 0.1) is 33.6 Å². The van der Waals surface area contributed by atoms with Crippen molar-refractivity contribution in [1.29, 1.82) is 0 Å². The van der Waals surface area contributed by atoms with Gasteiger partial charge in [-0.3, -0.25) is 0 Å². The van der Waals surface area contributed by atoms with Crippen LogP contribution in [0.25, 0.3) is 0 Å². The molecule has 112 valence electrons. The van der Waals surface area contributed by atoms with E-state index in [0.29, 0.717) is 23.9 Å². The van der Waals surface area contributed by atoms with Crippen LogP contribution in [0.1, 0.15) is 42.0 Å². The summed E-state index contributed by atoms with van der Waals surface area (Å²) in [5.41, 5.74) is 3.89. The summed E-state index contributed by atoms with van der Waals surface area (Å²) in [7, 11) is -3.37. The molecule has 1 heterocycles. The van der Waals surface area contributed by atoms with Crippen molar-refractivity contribution in [2.75, 3.05) is 13.1 Å². The largest absolute Gasteiger partial charge is 0.243 e. The lowest BCUT2D eigenvalue weighted by atomic mass is 10.0. The van der Waals surface area contributed by atoms with Gasteiger partial charge in [0.15, 0.2) is 0 Å². The quantitative estimate of drug-likeness (QED) is 0.839. The second-order valence-electron chi connectivity index (χ2n) is 6.20. The van der Waals surface area contributed by atoms with Crippen molar-refractivity contribution in [2.24, 2.45) is 5.92 Å². The molecule has 1 aliphatic heterocycles. The SMILES string of the molecule is Cc1cc(C)c(C)c(S(=O)(=O)N2CCC[C@H](C)C2)c1C. The molecule has 0 N–H and O–H groups in total. The van der Waals surface area contributed by atoms with E-state index in [1.807, 2.05) is 27.7 Å². The molecule has 1 aliphatic rings. The van der Waals surface area contributed by atoms with Crippen molar-refractivity contribution < 1.29 is 8.42 Å². The number of rotatable bonds is 2. The zero-order valence-electron chi connectivity index (χ0n) is 13.2. The molecular weight excluding hydrogens is 270 g/mol. The van der Waals surface area contributed by atoms with Gasteiger partial charge in [-0.1, -0.05) is 13.0 Å². The van der Waals surface area contributed by atoms with Gasteiger partial charge < -0.3 is 0 Å². The third kappa shape index (κ3) is 2.63. The first-order valence-electron chi connectivity index (χ1n) is 7.32. The zero-order chi connectivity index (χ0) is 15.1. The van der Waals surface area contributed by atoms with E-state index in [1.54, 1.807) is 4.31 Å². The highest BCUT2D eigenvalue weighted by Crippen LogP contribution is 2.30. The summed E-state index contributed by atoms with van der Waals surface area (Å²) in [6.45, 7) is 11.2. The van der Waals surface area contributed by atoms with Crippen LogP contribution in [0.2, 0.25) is 0 Å². The molecular formula is C16H25NO2S. The Morgan fingerprint density at radius 1 is 1.10 bits per heavy atom. The third-order valence-electron chi connectivity index (χ3n) is 4.51. The summed E-state index contributed by atoms with van der Waals surface area (Å²) in [6.07, 6.45) is 2.08. The zero-order valence-corrected chi connectivity index (χ0v) is 14.0. The summed E-state index contributed by atoms with van der Waals surface area (Å²) in [6, 6.07) is 2.07. The average Bonchev–Trinajstić information content (AvgIpc) is 2.36. The summed E-state index contributed by atoms with van der Waals surface area (Å²) >= 11 is 0. The van der Waals surface area contributed by atoms with Crippen LogP contribution in [0.4, 0.5) is 0 Å². The summed E-state index contributed by atoms with van der Waals surface area (Å²) in [5, 5.41) is 0. The van der Waals surface area contributed by atoms with Gasteiger partial charge in [-0.25, -0.2) is 8.42 Å². The van der Waals surface area contributed by atoms with Crippen LogP contribution in [0.5, 0.6) is 0 Å². The Kier molecular flexibility index (Phi) is 4.26. The van der Waals surface area contributed by atoms with E-state index in [9.17, 15) is 8.42 Å². The molecule has 1 atom stereocenters. The lowest BCUT2D eigenvalue weighted by Crippen LogP contribution is -2.39. The summed E-state index contributed by atoms with van der Waals surface area (Å²) in [5.74, 6) is 0.449. The Morgan fingerprint density at radius 2 is 1.65 bits per heavy atom. The maximum Gasteiger partial charge on any atom is 0.243 e. The van der Waals surface area contributed by atoms with Crippen LogP contribution in [-0.2, 0) is 10.0 Å². The number of benzene rings is 1. The van der Waals surface area contributed by atoms with E-state index in [0.717, 1.165) is 35.1 Å². The van der Waals surface area contributed by atoms with Crippen molar-refractivity contribution in [1.82, 2.24) is 4.31 Å². The van der Waals surface area contributed by atoms with Crippen LogP contribution >= 0.6 is 0 Å². The number of hydrogen-bond donors (Lipinski definition) is 0. The second-order valence-corrected chi connectivity index (χ2v) is 8.07. The van der Waals surface area contributed by atoms with E-state index in [1.165, 1.54) is 0 Å². The van der Waals surface area contributed by atoms with E-state index in [4.69, 9.17) is 0 Å². The molecule has 0 amide bonds.